The number of nitrogens with zero attached hydrogens (tertiary/aromatic N) is 6. The molecule has 3 unspecified atom stereocenters. The first-order valence-electron chi connectivity index (χ1n) is 15.9. The molecule has 1 spiro atoms. The van der Waals surface area contributed by atoms with Gasteiger partial charge in [-0.3, -0.25) is 19.0 Å². The highest BCUT2D eigenvalue weighted by molar-refractivity contribution is 5.94. The Balaban J connectivity index is 1.24. The lowest BCUT2D eigenvalue weighted by Gasteiger charge is -2.29. The van der Waals surface area contributed by atoms with Crippen LogP contribution in [0.1, 0.15) is 81.2 Å². The maximum Gasteiger partial charge on any atom is 0.368 e. The highest BCUT2D eigenvalue weighted by atomic mass is 16.7. The number of carbonyl (C=O) groups is 2. The highest BCUT2D eigenvalue weighted by Crippen LogP contribution is 2.66. The molecule has 0 aromatic carbocycles. The number of aromatic nitrogens is 4. The number of hydrogen-bond acceptors (Lipinski definition) is 10. The average Bonchev–Trinajstić information content (AvgIpc) is 3.92. The summed E-state index contributed by atoms with van der Waals surface area (Å²) in [5, 5.41) is 28.8. The molecule has 46 heavy (non-hydrogen) atoms. The molecular weight excluding hydrogens is 588 g/mol. The first-order valence-corrected chi connectivity index (χ1v) is 15.9. The minimum atomic E-state index is -3.05. The van der Waals surface area contributed by atoms with Crippen LogP contribution in [-0.4, -0.2) is 89.0 Å². The second-order valence-electron chi connectivity index (χ2n) is 12.9. The van der Waals surface area contributed by atoms with Gasteiger partial charge in [0.1, 0.15) is 0 Å². The van der Waals surface area contributed by atoms with E-state index in [1.165, 1.54) is 20.2 Å². The van der Waals surface area contributed by atoms with Crippen molar-refractivity contribution in [3.8, 4) is 11.3 Å². The van der Waals surface area contributed by atoms with Gasteiger partial charge in [-0.1, -0.05) is 25.1 Å². The van der Waals surface area contributed by atoms with Crippen LogP contribution in [0, 0.1) is 5.41 Å². The lowest BCUT2D eigenvalue weighted by atomic mass is 9.94. The van der Waals surface area contributed by atoms with Gasteiger partial charge in [0, 0.05) is 75.0 Å². The molecule has 1 saturated heterocycles. The molecule has 0 bridgehead atoms. The predicted molar refractivity (Wildman–Crippen MR) is 169 cm³/mol. The van der Waals surface area contributed by atoms with E-state index in [0.29, 0.717) is 36.8 Å². The monoisotopic (exact) mass is 630 g/mol. The van der Waals surface area contributed by atoms with E-state index in [2.05, 4.69) is 16.0 Å². The molecule has 3 aliphatic rings. The number of aliphatic hydroxyl groups is 3. The van der Waals surface area contributed by atoms with Crippen LogP contribution in [-0.2, 0) is 20.9 Å². The van der Waals surface area contributed by atoms with Crippen molar-refractivity contribution in [2.75, 3.05) is 20.7 Å². The van der Waals surface area contributed by atoms with Crippen LogP contribution in [0.25, 0.3) is 17.0 Å². The Kier molecular flexibility index (Phi) is 8.57. The van der Waals surface area contributed by atoms with Gasteiger partial charge in [0.15, 0.2) is 5.78 Å². The number of amides is 1. The second-order valence-corrected chi connectivity index (χ2v) is 12.9. The van der Waals surface area contributed by atoms with E-state index in [-0.39, 0.29) is 24.0 Å². The number of pyridine rings is 1. The summed E-state index contributed by atoms with van der Waals surface area (Å²) in [5.41, 5.74) is 4.72. The van der Waals surface area contributed by atoms with E-state index in [9.17, 15) is 24.9 Å². The molecule has 12 nitrogen and oxygen atoms in total. The molecule has 6 rings (SSSR count). The summed E-state index contributed by atoms with van der Waals surface area (Å²) in [6, 6.07) is 3.42. The van der Waals surface area contributed by atoms with Crippen molar-refractivity contribution in [1.29, 1.82) is 0 Å². The summed E-state index contributed by atoms with van der Waals surface area (Å²) in [5.74, 6) is 0.850. The summed E-state index contributed by atoms with van der Waals surface area (Å²) >= 11 is 0. The van der Waals surface area contributed by atoms with Gasteiger partial charge in [-0.2, -0.15) is 0 Å². The van der Waals surface area contributed by atoms with Crippen LogP contribution in [0.3, 0.4) is 0 Å². The van der Waals surface area contributed by atoms with Crippen LogP contribution < -0.4 is 0 Å². The molecule has 3 N–H and O–H groups in total. The number of Topliss-reactive ketones (excluding diaryl/α,β-unsaturated/α-hetero) is 1. The number of rotatable bonds is 13. The number of imidazole rings is 1. The normalized spacial score (nSPS) is 22.4. The fourth-order valence-corrected chi connectivity index (χ4v) is 6.71. The van der Waals surface area contributed by atoms with Crippen molar-refractivity contribution in [2.24, 2.45) is 5.41 Å². The maximum absolute atomic E-state index is 14.1. The Morgan fingerprint density at radius 1 is 1.24 bits per heavy atom. The number of ether oxygens (including phenoxy) is 1. The van der Waals surface area contributed by atoms with Crippen LogP contribution in [0.5, 0.6) is 0 Å². The zero-order valence-electron chi connectivity index (χ0n) is 26.8. The van der Waals surface area contributed by atoms with E-state index in [4.69, 9.17) is 9.72 Å². The SMILES string of the molecule is CC/C=C/C(=C\N(C)C(O)(O)O)CC(C(C)=O)N1CCC2(CC2c2ccc(-c3cnc4nc(COC)cn4c3)nc2C2CC2)C1=O. The van der Waals surface area contributed by atoms with Gasteiger partial charge in [0.25, 0.3) is 0 Å². The minimum absolute atomic E-state index is 0.0156. The molecule has 4 heterocycles. The van der Waals surface area contributed by atoms with Crippen molar-refractivity contribution in [1.82, 2.24) is 29.2 Å². The van der Waals surface area contributed by atoms with Gasteiger partial charge in [-0.25, -0.2) is 9.97 Å². The fourth-order valence-electron chi connectivity index (χ4n) is 6.71. The van der Waals surface area contributed by atoms with Crippen molar-refractivity contribution >= 4 is 17.5 Å². The molecule has 3 fully saturated rings. The highest BCUT2D eigenvalue weighted by Gasteiger charge is 2.65. The summed E-state index contributed by atoms with van der Waals surface area (Å²) in [7, 11) is 2.95. The Labute approximate surface area is 268 Å². The molecule has 3 aromatic heterocycles. The fraction of sp³-hybridized carbons (Fsp3) is 0.500. The summed E-state index contributed by atoms with van der Waals surface area (Å²) in [4.78, 5) is 43.8. The first kappa shape index (κ1) is 32.0. The van der Waals surface area contributed by atoms with Gasteiger partial charge in [0.2, 0.25) is 11.7 Å². The number of fused-ring (bicyclic) bond motifs is 1. The maximum atomic E-state index is 14.1. The molecule has 244 valence electrons. The van der Waals surface area contributed by atoms with Crippen molar-refractivity contribution in [3.63, 3.8) is 0 Å². The molecule has 1 aliphatic heterocycles. The Morgan fingerprint density at radius 2 is 2.02 bits per heavy atom. The number of allylic oxidation sites excluding steroid dienone is 2. The van der Waals surface area contributed by atoms with Crippen LogP contribution >= 0.6 is 0 Å². The number of ketones is 1. The molecule has 1 amide bonds. The lowest BCUT2D eigenvalue weighted by molar-refractivity contribution is -0.376. The summed E-state index contributed by atoms with van der Waals surface area (Å²) in [6.45, 7) is 4.32. The van der Waals surface area contributed by atoms with Crippen molar-refractivity contribution < 1.29 is 29.6 Å². The van der Waals surface area contributed by atoms with E-state index in [1.54, 1.807) is 24.3 Å². The zero-order chi connectivity index (χ0) is 32.8. The van der Waals surface area contributed by atoms with Crippen LogP contribution in [0.2, 0.25) is 0 Å². The van der Waals surface area contributed by atoms with Gasteiger partial charge in [-0.05, 0) is 56.2 Å². The second kappa shape index (κ2) is 12.3. The minimum Gasteiger partial charge on any atom is -0.378 e. The van der Waals surface area contributed by atoms with Crippen LogP contribution in [0.15, 0.2) is 54.6 Å². The molecule has 0 radical (unpaired) electrons. The largest absolute Gasteiger partial charge is 0.378 e. The molecular formula is C34H42N6O6. The molecule has 3 atom stereocenters. The average molecular weight is 631 g/mol. The van der Waals surface area contributed by atoms with E-state index in [0.717, 1.165) is 58.8 Å². The van der Waals surface area contributed by atoms with Gasteiger partial charge in [-0.15, -0.1) is 0 Å². The molecule has 12 heteroatoms. The Bertz CT molecular complexity index is 1710. The number of hydrogen-bond donors (Lipinski definition) is 3. The van der Waals surface area contributed by atoms with E-state index < -0.39 is 17.6 Å². The topological polar surface area (TPSA) is 154 Å². The quantitative estimate of drug-likeness (QED) is 0.190. The Hall–Kier alpha value is -3.97. The van der Waals surface area contributed by atoms with Crippen LogP contribution in [0.4, 0.5) is 0 Å². The molecule has 2 aliphatic carbocycles. The third-order valence-electron chi connectivity index (χ3n) is 9.48. The van der Waals surface area contributed by atoms with E-state index >= 15 is 0 Å². The van der Waals surface area contributed by atoms with Gasteiger partial charge < -0.3 is 29.9 Å². The lowest BCUT2D eigenvalue weighted by Crippen LogP contribution is -2.44. The predicted octanol–water partition coefficient (Wildman–Crippen LogP) is 3.24. The summed E-state index contributed by atoms with van der Waals surface area (Å²) < 4.78 is 7.09. The van der Waals surface area contributed by atoms with Crippen molar-refractivity contribution in [2.45, 2.75) is 83.0 Å². The van der Waals surface area contributed by atoms with E-state index in [1.807, 2.05) is 35.9 Å². The smallest absolute Gasteiger partial charge is 0.368 e. The Morgan fingerprint density at radius 3 is 2.70 bits per heavy atom. The number of methoxy groups -OCH3 is 1. The zero-order valence-corrected chi connectivity index (χ0v) is 26.8. The third-order valence-corrected chi connectivity index (χ3v) is 9.48. The first-order chi connectivity index (χ1) is 21.9. The standard InChI is InChI=1S/C34H42N6O6/c1-5-6-7-22(17-38(3)34(43,44)45)14-29(21(2)41)40-13-12-33(31(40)42)15-27(33)26-10-11-28(37-30(26)23-8-9-23)24-16-35-32-36-25(20-46-4)19-39(32)18-24/h6-7,10-11,16-19,23,27,29,43-45H,5,8-9,12-15,20H2,1-4H3/b7-6+,22-17+. The van der Waals surface area contributed by atoms with Gasteiger partial charge >= 0.3 is 6.10 Å². The third kappa shape index (κ3) is 6.22. The number of likely N-dealkylation sites (tertiary alicyclic amines) is 1. The van der Waals surface area contributed by atoms with Gasteiger partial charge in [0.05, 0.1) is 29.5 Å². The molecule has 3 aromatic rings. The van der Waals surface area contributed by atoms with Crippen molar-refractivity contribution in [3.05, 3.63) is 71.6 Å². The summed E-state index contributed by atoms with van der Waals surface area (Å²) in [6.07, 6.45) is 12.1. The molecule has 2 saturated carbocycles. The number of carbonyl (C=O) groups excluding carboxylic acids is 2.